The van der Waals surface area contributed by atoms with E-state index in [1.807, 2.05) is 6.08 Å². The maximum Gasteiger partial charge on any atom is 0.214 e. The fraction of sp³-hybridized carbons (Fsp3) is 0.600. The lowest BCUT2D eigenvalue weighted by molar-refractivity contribution is 0.192. The summed E-state index contributed by atoms with van der Waals surface area (Å²) in [5, 5.41) is 1.17. The standard InChI is InChI=1S/C20H36OSi/c1-11-12-14-20(7,8)15-13-18(6)19(16(2)3)21-22(9,10)17(4)5/h11,13,15,18-19H,1-2,4,12,14H2,3,5-10H3/b15-13+/t18-,19-/m0/s1. The van der Waals surface area contributed by atoms with Crippen molar-refractivity contribution in [2.24, 2.45) is 11.3 Å². The highest BCUT2D eigenvalue weighted by atomic mass is 28.4. The minimum Gasteiger partial charge on any atom is -0.406 e. The molecule has 1 nitrogen and oxygen atoms in total. The molecule has 0 radical (unpaired) electrons. The molecule has 0 aliphatic carbocycles. The largest absolute Gasteiger partial charge is 0.406 e. The molecular weight excluding hydrogens is 284 g/mol. The van der Waals surface area contributed by atoms with Crippen LogP contribution >= 0.6 is 0 Å². The van der Waals surface area contributed by atoms with Gasteiger partial charge in [-0.1, -0.05) is 56.3 Å². The zero-order valence-electron chi connectivity index (χ0n) is 15.8. The average Bonchev–Trinajstić information content (AvgIpc) is 2.39. The lowest BCUT2D eigenvalue weighted by Crippen LogP contribution is -2.39. The third-order valence-corrected chi connectivity index (χ3v) is 7.16. The quantitative estimate of drug-likeness (QED) is 0.332. The number of hydrogen-bond acceptors (Lipinski definition) is 1. The van der Waals surface area contributed by atoms with Gasteiger partial charge in [-0.05, 0) is 45.2 Å². The molecule has 0 aromatic carbocycles. The van der Waals surface area contributed by atoms with Gasteiger partial charge in [-0.25, -0.2) is 0 Å². The Bertz CT molecular complexity index is 429. The molecule has 0 aromatic heterocycles. The van der Waals surface area contributed by atoms with Gasteiger partial charge < -0.3 is 4.43 Å². The second kappa shape index (κ2) is 8.69. The van der Waals surface area contributed by atoms with Gasteiger partial charge in [0.05, 0.1) is 6.10 Å². The Morgan fingerprint density at radius 2 is 1.77 bits per heavy atom. The van der Waals surface area contributed by atoms with Crippen molar-refractivity contribution in [3.05, 3.63) is 48.7 Å². The SMILES string of the molecule is C=CCCC(C)(C)/C=C/[C@H](C)[C@@H](O[Si](C)(C)C(=C)C)C(=C)C. The second-order valence-corrected chi connectivity index (χ2v) is 11.8. The molecule has 0 aliphatic rings. The van der Waals surface area contributed by atoms with Gasteiger partial charge in [0.25, 0.3) is 0 Å². The second-order valence-electron chi connectivity index (χ2n) is 7.71. The first-order valence-corrected chi connectivity index (χ1v) is 11.1. The molecule has 0 saturated carbocycles. The van der Waals surface area contributed by atoms with Crippen LogP contribution in [0, 0.1) is 11.3 Å². The minimum absolute atomic E-state index is 0.0600. The molecule has 0 amide bonds. The summed E-state index contributed by atoms with van der Waals surface area (Å²) < 4.78 is 6.44. The third-order valence-electron chi connectivity index (χ3n) is 4.26. The van der Waals surface area contributed by atoms with Gasteiger partial charge in [0, 0.05) is 5.92 Å². The highest BCUT2D eigenvalue weighted by Gasteiger charge is 2.30. The van der Waals surface area contributed by atoms with Crippen LogP contribution in [0.2, 0.25) is 13.1 Å². The molecule has 0 N–H and O–H groups in total. The summed E-state index contributed by atoms with van der Waals surface area (Å²) in [6, 6.07) is 0. The Balaban J connectivity index is 5.02. The van der Waals surface area contributed by atoms with Gasteiger partial charge in [-0.3, -0.25) is 0 Å². The van der Waals surface area contributed by atoms with Crippen LogP contribution in [0.5, 0.6) is 0 Å². The molecule has 0 spiro atoms. The van der Waals surface area contributed by atoms with Crippen molar-refractivity contribution in [1.29, 1.82) is 0 Å². The first-order valence-electron chi connectivity index (χ1n) is 8.22. The van der Waals surface area contributed by atoms with E-state index in [4.69, 9.17) is 4.43 Å². The van der Waals surface area contributed by atoms with Gasteiger partial charge in [-0.2, -0.15) is 0 Å². The smallest absolute Gasteiger partial charge is 0.214 e. The van der Waals surface area contributed by atoms with Crippen molar-refractivity contribution >= 4 is 8.32 Å². The van der Waals surface area contributed by atoms with E-state index in [9.17, 15) is 0 Å². The fourth-order valence-corrected chi connectivity index (χ4v) is 3.40. The molecule has 0 heterocycles. The van der Waals surface area contributed by atoms with Crippen LogP contribution in [0.1, 0.15) is 47.5 Å². The molecule has 0 aromatic rings. The van der Waals surface area contributed by atoms with E-state index in [0.29, 0.717) is 5.92 Å². The Morgan fingerprint density at radius 1 is 1.23 bits per heavy atom. The van der Waals surface area contributed by atoms with Crippen LogP contribution in [0.4, 0.5) is 0 Å². The monoisotopic (exact) mass is 320 g/mol. The normalized spacial score (nSPS) is 15.6. The maximum absolute atomic E-state index is 6.44. The zero-order valence-corrected chi connectivity index (χ0v) is 16.8. The molecular formula is C20H36OSi. The van der Waals surface area contributed by atoms with Crippen LogP contribution < -0.4 is 0 Å². The van der Waals surface area contributed by atoms with Crippen molar-refractivity contribution in [3.8, 4) is 0 Å². The zero-order chi connectivity index (χ0) is 17.6. The molecule has 0 bridgehead atoms. The summed E-state index contributed by atoms with van der Waals surface area (Å²) in [6.07, 6.45) is 8.80. The molecule has 2 atom stereocenters. The minimum atomic E-state index is -1.87. The third kappa shape index (κ3) is 7.41. The van der Waals surface area contributed by atoms with Gasteiger partial charge in [0.2, 0.25) is 8.32 Å². The summed E-state index contributed by atoms with van der Waals surface area (Å²) in [5.41, 5.74) is 1.27. The van der Waals surface area contributed by atoms with E-state index >= 15 is 0 Å². The highest BCUT2D eigenvalue weighted by Crippen LogP contribution is 2.28. The van der Waals surface area contributed by atoms with E-state index in [1.54, 1.807) is 0 Å². The molecule has 2 heteroatoms. The van der Waals surface area contributed by atoms with Gasteiger partial charge in [-0.15, -0.1) is 13.2 Å². The van der Waals surface area contributed by atoms with Crippen molar-refractivity contribution in [2.45, 2.75) is 66.7 Å². The Labute approximate surface area is 140 Å². The highest BCUT2D eigenvalue weighted by molar-refractivity contribution is 6.78. The molecule has 0 fully saturated rings. The first kappa shape index (κ1) is 21.1. The Morgan fingerprint density at radius 3 is 2.18 bits per heavy atom. The molecule has 22 heavy (non-hydrogen) atoms. The van der Waals surface area contributed by atoms with Crippen molar-refractivity contribution < 1.29 is 4.43 Å². The number of hydrogen-bond donors (Lipinski definition) is 0. The first-order chi connectivity index (χ1) is 9.93. The van der Waals surface area contributed by atoms with E-state index in [0.717, 1.165) is 18.4 Å². The summed E-state index contributed by atoms with van der Waals surface area (Å²) >= 11 is 0. The van der Waals surface area contributed by atoms with Crippen LogP contribution in [0.3, 0.4) is 0 Å². The molecule has 126 valence electrons. The maximum atomic E-state index is 6.44. The fourth-order valence-electron chi connectivity index (χ4n) is 2.15. The molecule has 0 aliphatic heterocycles. The average molecular weight is 321 g/mol. The predicted molar refractivity (Wildman–Crippen MR) is 103 cm³/mol. The summed E-state index contributed by atoms with van der Waals surface area (Å²) in [4.78, 5) is 0. The molecule has 0 unspecified atom stereocenters. The Hall–Kier alpha value is -0.863. The van der Waals surface area contributed by atoms with Crippen LogP contribution in [-0.4, -0.2) is 14.4 Å². The number of allylic oxidation sites excluding steroid dienone is 3. The summed E-state index contributed by atoms with van der Waals surface area (Å²) in [7, 11) is -1.87. The lowest BCUT2D eigenvalue weighted by Gasteiger charge is -2.33. The van der Waals surface area contributed by atoms with Gasteiger partial charge >= 0.3 is 0 Å². The van der Waals surface area contributed by atoms with E-state index in [2.05, 4.69) is 79.6 Å². The van der Waals surface area contributed by atoms with E-state index < -0.39 is 8.32 Å². The predicted octanol–water partition coefficient (Wildman–Crippen LogP) is 6.45. The van der Waals surface area contributed by atoms with Gasteiger partial charge in [0.1, 0.15) is 0 Å². The summed E-state index contributed by atoms with van der Waals surface area (Å²) in [5.74, 6) is 0.312. The topological polar surface area (TPSA) is 9.23 Å². The van der Waals surface area contributed by atoms with Crippen LogP contribution in [0.25, 0.3) is 0 Å². The molecule has 0 rings (SSSR count). The van der Waals surface area contributed by atoms with Crippen LogP contribution in [0.15, 0.2) is 48.7 Å². The van der Waals surface area contributed by atoms with Crippen molar-refractivity contribution in [1.82, 2.24) is 0 Å². The number of rotatable bonds is 10. The molecule has 0 saturated heterocycles. The van der Waals surface area contributed by atoms with Crippen LogP contribution in [-0.2, 0) is 4.43 Å². The Kier molecular flexibility index (Phi) is 8.35. The van der Waals surface area contributed by atoms with Gasteiger partial charge in [0.15, 0.2) is 0 Å². The lowest BCUT2D eigenvalue weighted by atomic mass is 9.85. The summed E-state index contributed by atoms with van der Waals surface area (Å²) in [6.45, 7) is 27.3. The van der Waals surface area contributed by atoms with E-state index in [-0.39, 0.29) is 11.5 Å². The van der Waals surface area contributed by atoms with E-state index in [1.165, 1.54) is 5.20 Å². The van der Waals surface area contributed by atoms with Crippen molar-refractivity contribution in [3.63, 3.8) is 0 Å². The van der Waals surface area contributed by atoms with Crippen molar-refractivity contribution in [2.75, 3.05) is 0 Å².